The summed E-state index contributed by atoms with van der Waals surface area (Å²) < 4.78 is 38.9. The van der Waals surface area contributed by atoms with Crippen LogP contribution in [0.2, 0.25) is 0 Å². The summed E-state index contributed by atoms with van der Waals surface area (Å²) in [4.78, 5) is 3.01. The Morgan fingerprint density at radius 3 is 1.52 bits per heavy atom. The van der Waals surface area contributed by atoms with E-state index in [0.717, 1.165) is 49.3 Å². The fraction of sp³-hybridized carbons (Fsp3) is 0.368. The lowest BCUT2D eigenvalue weighted by Gasteiger charge is -2.29. The Morgan fingerprint density at radius 1 is 0.720 bits per heavy atom. The largest absolute Gasteiger partial charge is 0.416 e. The van der Waals surface area contributed by atoms with Crippen molar-refractivity contribution in [2.45, 2.75) is 19.3 Å². The summed E-state index contributed by atoms with van der Waals surface area (Å²) in [6.45, 7) is 6.10. The Bertz CT molecular complexity index is 675. The van der Waals surface area contributed by atoms with Crippen molar-refractivity contribution in [1.82, 2.24) is 0 Å². The van der Waals surface area contributed by atoms with Crippen LogP contribution in [0.3, 0.4) is 0 Å². The first-order chi connectivity index (χ1) is 11.9. The van der Waals surface area contributed by atoms with Crippen molar-refractivity contribution in [1.29, 1.82) is 0 Å². The molecule has 1 heterocycles. The predicted octanol–water partition coefficient (Wildman–Crippen LogP) is 1.95. The number of halogens is 4. The Balaban J connectivity index is 1.48. The fourth-order valence-electron chi connectivity index (χ4n) is 3.30. The van der Waals surface area contributed by atoms with Crippen LogP contribution in [-0.4, -0.2) is 26.2 Å². The van der Waals surface area contributed by atoms with E-state index < -0.39 is 11.7 Å². The van der Waals surface area contributed by atoms with Crippen LogP contribution in [0.4, 0.5) is 13.2 Å². The van der Waals surface area contributed by atoms with Gasteiger partial charge in [-0.05, 0) is 24.3 Å². The van der Waals surface area contributed by atoms with E-state index in [1.807, 2.05) is 0 Å². The SMILES string of the molecule is FC(F)(F)c1ccc(C[NH+]2CC[NH+](Cc3ccc(Br)cc3)CC2)cc1. The van der Waals surface area contributed by atoms with Gasteiger partial charge >= 0.3 is 6.18 Å². The van der Waals surface area contributed by atoms with E-state index in [1.54, 1.807) is 17.0 Å². The standard InChI is InChI=1S/C19H20BrF3N2/c20-18-7-3-16(4-8-18)14-25-11-9-24(10-12-25)13-15-1-5-17(6-2-15)19(21,22)23/h1-8H,9-14H2/p+2. The van der Waals surface area contributed by atoms with Gasteiger partial charge < -0.3 is 9.80 Å². The third-order valence-corrected chi connectivity index (χ3v) is 5.30. The normalized spacial score (nSPS) is 21.3. The summed E-state index contributed by atoms with van der Waals surface area (Å²) in [6, 6.07) is 14.0. The maximum atomic E-state index is 12.6. The van der Waals surface area contributed by atoms with E-state index in [2.05, 4.69) is 40.2 Å². The number of hydrogen-bond acceptors (Lipinski definition) is 0. The molecule has 0 atom stereocenters. The lowest BCUT2D eigenvalue weighted by molar-refractivity contribution is -1.02. The first-order valence-corrected chi connectivity index (χ1v) is 9.27. The number of piperazine rings is 1. The molecule has 6 heteroatoms. The fourth-order valence-corrected chi connectivity index (χ4v) is 3.57. The van der Waals surface area contributed by atoms with Crippen molar-refractivity contribution in [2.24, 2.45) is 0 Å². The first kappa shape index (κ1) is 18.4. The van der Waals surface area contributed by atoms with Gasteiger partial charge in [-0.2, -0.15) is 13.2 Å². The molecule has 3 rings (SSSR count). The maximum Gasteiger partial charge on any atom is 0.416 e. The average molecular weight is 415 g/mol. The molecule has 1 saturated heterocycles. The number of nitrogens with one attached hydrogen (secondary N) is 2. The van der Waals surface area contributed by atoms with Gasteiger partial charge in [0, 0.05) is 15.6 Å². The smallest absolute Gasteiger partial charge is 0.322 e. The van der Waals surface area contributed by atoms with Crippen LogP contribution >= 0.6 is 15.9 Å². The van der Waals surface area contributed by atoms with Gasteiger partial charge in [-0.25, -0.2) is 0 Å². The third-order valence-electron chi connectivity index (χ3n) is 4.77. The second kappa shape index (κ2) is 7.89. The van der Waals surface area contributed by atoms with Crippen LogP contribution in [0.15, 0.2) is 53.0 Å². The summed E-state index contributed by atoms with van der Waals surface area (Å²) >= 11 is 3.45. The second-order valence-corrected chi connectivity index (χ2v) is 7.59. The van der Waals surface area contributed by atoms with Crippen molar-refractivity contribution in [3.8, 4) is 0 Å². The molecule has 0 radical (unpaired) electrons. The summed E-state index contributed by atoms with van der Waals surface area (Å²) in [5.74, 6) is 0. The van der Waals surface area contributed by atoms with Crippen molar-refractivity contribution in [2.75, 3.05) is 26.2 Å². The molecule has 25 heavy (non-hydrogen) atoms. The van der Waals surface area contributed by atoms with Crippen molar-refractivity contribution < 1.29 is 23.0 Å². The summed E-state index contributed by atoms with van der Waals surface area (Å²) in [5.41, 5.74) is 1.73. The molecule has 0 aliphatic carbocycles. The number of hydrogen-bond donors (Lipinski definition) is 2. The van der Waals surface area contributed by atoms with Crippen LogP contribution in [0.1, 0.15) is 16.7 Å². The molecule has 2 aromatic rings. The summed E-state index contributed by atoms with van der Waals surface area (Å²) in [7, 11) is 0. The molecule has 0 aromatic heterocycles. The highest BCUT2D eigenvalue weighted by Crippen LogP contribution is 2.28. The van der Waals surface area contributed by atoms with E-state index in [1.165, 1.54) is 22.6 Å². The van der Waals surface area contributed by atoms with Crippen LogP contribution in [0.5, 0.6) is 0 Å². The molecular formula is C19H22BrF3N2+2. The molecule has 2 N–H and O–H groups in total. The summed E-state index contributed by atoms with van der Waals surface area (Å²) in [6.07, 6.45) is -4.26. The molecule has 0 bridgehead atoms. The maximum absolute atomic E-state index is 12.6. The number of rotatable bonds is 4. The Hall–Kier alpha value is -1.37. The lowest BCUT2D eigenvalue weighted by atomic mass is 10.1. The zero-order valence-electron chi connectivity index (χ0n) is 13.9. The minimum Gasteiger partial charge on any atom is -0.322 e. The third kappa shape index (κ3) is 5.30. The molecule has 2 aromatic carbocycles. The Kier molecular flexibility index (Phi) is 5.81. The Labute approximate surface area is 154 Å². The molecule has 134 valence electrons. The van der Waals surface area contributed by atoms with Gasteiger partial charge in [-0.15, -0.1) is 0 Å². The quantitative estimate of drug-likeness (QED) is 0.756. The second-order valence-electron chi connectivity index (χ2n) is 6.67. The van der Waals surface area contributed by atoms with Gasteiger partial charge in [0.1, 0.15) is 39.3 Å². The molecule has 0 unspecified atom stereocenters. The highest BCUT2D eigenvalue weighted by atomic mass is 79.9. The predicted molar refractivity (Wildman–Crippen MR) is 94.4 cm³/mol. The number of alkyl halides is 3. The van der Waals surface area contributed by atoms with E-state index in [-0.39, 0.29) is 0 Å². The number of quaternary nitrogens is 2. The van der Waals surface area contributed by atoms with E-state index in [4.69, 9.17) is 0 Å². The Morgan fingerprint density at radius 2 is 1.12 bits per heavy atom. The van der Waals surface area contributed by atoms with Crippen molar-refractivity contribution >= 4 is 15.9 Å². The van der Waals surface area contributed by atoms with Crippen LogP contribution in [0.25, 0.3) is 0 Å². The average Bonchev–Trinajstić information content (AvgIpc) is 2.58. The van der Waals surface area contributed by atoms with Gasteiger partial charge in [-0.1, -0.05) is 40.2 Å². The molecular weight excluding hydrogens is 393 g/mol. The van der Waals surface area contributed by atoms with Crippen molar-refractivity contribution in [3.05, 3.63) is 69.7 Å². The van der Waals surface area contributed by atoms with Gasteiger partial charge in [0.05, 0.1) is 5.56 Å². The van der Waals surface area contributed by atoms with Gasteiger partial charge in [0.15, 0.2) is 0 Å². The molecule has 1 aliphatic heterocycles. The molecule has 0 spiro atoms. The minimum absolute atomic E-state index is 0.574. The monoisotopic (exact) mass is 414 g/mol. The highest BCUT2D eigenvalue weighted by molar-refractivity contribution is 9.10. The molecule has 1 fully saturated rings. The van der Waals surface area contributed by atoms with Crippen molar-refractivity contribution in [3.63, 3.8) is 0 Å². The zero-order valence-corrected chi connectivity index (χ0v) is 15.5. The topological polar surface area (TPSA) is 8.88 Å². The van der Waals surface area contributed by atoms with E-state index >= 15 is 0 Å². The molecule has 0 saturated carbocycles. The van der Waals surface area contributed by atoms with Crippen LogP contribution in [-0.2, 0) is 19.3 Å². The first-order valence-electron chi connectivity index (χ1n) is 8.48. The van der Waals surface area contributed by atoms with E-state index in [0.29, 0.717) is 0 Å². The van der Waals surface area contributed by atoms with Gasteiger partial charge in [0.25, 0.3) is 0 Å². The van der Waals surface area contributed by atoms with E-state index in [9.17, 15) is 13.2 Å². The van der Waals surface area contributed by atoms with Gasteiger partial charge in [0.2, 0.25) is 0 Å². The molecule has 0 amide bonds. The molecule has 1 aliphatic rings. The summed E-state index contributed by atoms with van der Waals surface area (Å²) in [5, 5.41) is 0. The number of benzene rings is 2. The highest BCUT2D eigenvalue weighted by Gasteiger charge is 2.30. The molecule has 2 nitrogen and oxygen atoms in total. The van der Waals surface area contributed by atoms with Gasteiger partial charge in [-0.3, -0.25) is 0 Å². The van der Waals surface area contributed by atoms with Crippen LogP contribution < -0.4 is 9.80 Å². The zero-order chi connectivity index (χ0) is 17.9. The lowest BCUT2D eigenvalue weighted by Crippen LogP contribution is -3.27. The minimum atomic E-state index is -4.26. The van der Waals surface area contributed by atoms with Crippen LogP contribution in [0, 0.1) is 0 Å².